The van der Waals surface area contributed by atoms with Gasteiger partial charge in [0.2, 0.25) is 0 Å². The molecular weight excluding hydrogens is 212 g/mol. The molecule has 0 N–H and O–H groups in total. The Morgan fingerprint density at radius 3 is 2.13 bits per heavy atom. The SMILES string of the molecule is CCC1CCC(C(=O)CS(C)(=O)=O)CC1. The van der Waals surface area contributed by atoms with E-state index in [1.165, 1.54) is 6.42 Å². The molecule has 88 valence electrons. The molecule has 15 heavy (non-hydrogen) atoms. The molecule has 4 heteroatoms. The summed E-state index contributed by atoms with van der Waals surface area (Å²) in [6, 6.07) is 0. The Balaban J connectivity index is 2.43. The van der Waals surface area contributed by atoms with E-state index in [1.54, 1.807) is 0 Å². The van der Waals surface area contributed by atoms with Gasteiger partial charge in [-0.05, 0) is 31.6 Å². The summed E-state index contributed by atoms with van der Waals surface area (Å²) >= 11 is 0. The topological polar surface area (TPSA) is 51.2 Å². The first kappa shape index (κ1) is 12.7. The zero-order valence-corrected chi connectivity index (χ0v) is 10.3. The third-order valence-corrected chi connectivity index (χ3v) is 4.09. The third-order valence-electron chi connectivity index (χ3n) is 3.28. The molecule has 0 aliphatic heterocycles. The van der Waals surface area contributed by atoms with Crippen LogP contribution >= 0.6 is 0 Å². The Morgan fingerprint density at radius 2 is 1.73 bits per heavy atom. The van der Waals surface area contributed by atoms with E-state index in [1.807, 2.05) is 0 Å². The van der Waals surface area contributed by atoms with E-state index in [0.29, 0.717) is 0 Å². The van der Waals surface area contributed by atoms with Crippen molar-refractivity contribution in [2.75, 3.05) is 12.0 Å². The highest BCUT2D eigenvalue weighted by molar-refractivity contribution is 7.91. The lowest BCUT2D eigenvalue weighted by molar-refractivity contribution is -0.121. The average molecular weight is 232 g/mol. The Labute approximate surface area is 92.2 Å². The van der Waals surface area contributed by atoms with Gasteiger partial charge in [-0.25, -0.2) is 8.42 Å². The van der Waals surface area contributed by atoms with E-state index in [9.17, 15) is 13.2 Å². The Kier molecular flexibility index (Phi) is 4.32. The van der Waals surface area contributed by atoms with Crippen molar-refractivity contribution < 1.29 is 13.2 Å². The van der Waals surface area contributed by atoms with Gasteiger partial charge in [-0.2, -0.15) is 0 Å². The zero-order chi connectivity index (χ0) is 11.5. The molecule has 0 aromatic carbocycles. The van der Waals surface area contributed by atoms with Crippen LogP contribution < -0.4 is 0 Å². The van der Waals surface area contributed by atoms with Crippen molar-refractivity contribution in [3.8, 4) is 0 Å². The molecule has 0 saturated heterocycles. The van der Waals surface area contributed by atoms with Crippen LogP contribution in [-0.2, 0) is 14.6 Å². The van der Waals surface area contributed by atoms with Crippen LogP contribution in [-0.4, -0.2) is 26.2 Å². The standard InChI is InChI=1S/C11H20O3S/c1-3-9-4-6-10(7-5-9)11(12)8-15(2,13)14/h9-10H,3-8H2,1-2H3. The minimum Gasteiger partial charge on any atom is -0.298 e. The zero-order valence-electron chi connectivity index (χ0n) is 9.53. The molecule has 0 heterocycles. The Bertz CT molecular complexity index is 311. The highest BCUT2D eigenvalue weighted by Crippen LogP contribution is 2.31. The van der Waals surface area contributed by atoms with Crippen LogP contribution in [0, 0.1) is 11.8 Å². The van der Waals surface area contributed by atoms with Gasteiger partial charge < -0.3 is 0 Å². The van der Waals surface area contributed by atoms with Crippen LogP contribution in [0.5, 0.6) is 0 Å². The van der Waals surface area contributed by atoms with Crippen molar-refractivity contribution in [2.24, 2.45) is 11.8 Å². The van der Waals surface area contributed by atoms with E-state index >= 15 is 0 Å². The Morgan fingerprint density at radius 1 is 1.20 bits per heavy atom. The number of hydrogen-bond donors (Lipinski definition) is 0. The third kappa shape index (κ3) is 4.33. The second-order valence-electron chi connectivity index (χ2n) is 4.66. The molecule has 0 bridgehead atoms. The lowest BCUT2D eigenvalue weighted by Gasteiger charge is -2.26. The van der Waals surface area contributed by atoms with Gasteiger partial charge in [-0.3, -0.25) is 4.79 Å². The van der Waals surface area contributed by atoms with Crippen molar-refractivity contribution in [3.05, 3.63) is 0 Å². The van der Waals surface area contributed by atoms with Crippen molar-refractivity contribution in [3.63, 3.8) is 0 Å². The minimum atomic E-state index is -3.14. The fourth-order valence-corrected chi connectivity index (χ4v) is 3.02. The summed E-state index contributed by atoms with van der Waals surface area (Å²) in [6.45, 7) is 2.17. The van der Waals surface area contributed by atoms with E-state index in [2.05, 4.69) is 6.92 Å². The van der Waals surface area contributed by atoms with Gasteiger partial charge in [0.15, 0.2) is 15.6 Å². The number of ketones is 1. The molecule has 0 aromatic heterocycles. The van der Waals surface area contributed by atoms with Crippen LogP contribution in [0.15, 0.2) is 0 Å². The second kappa shape index (κ2) is 5.10. The number of hydrogen-bond acceptors (Lipinski definition) is 3. The van der Waals surface area contributed by atoms with Crippen molar-refractivity contribution in [1.29, 1.82) is 0 Å². The molecule has 0 unspecified atom stereocenters. The van der Waals surface area contributed by atoms with Crippen LogP contribution in [0.2, 0.25) is 0 Å². The van der Waals surface area contributed by atoms with E-state index in [-0.39, 0.29) is 17.5 Å². The summed E-state index contributed by atoms with van der Waals surface area (Å²) in [5.41, 5.74) is 0. The maximum absolute atomic E-state index is 11.6. The van der Waals surface area contributed by atoms with Gasteiger partial charge in [0.25, 0.3) is 0 Å². The predicted molar refractivity (Wildman–Crippen MR) is 60.5 cm³/mol. The van der Waals surface area contributed by atoms with Gasteiger partial charge in [0.1, 0.15) is 5.75 Å². The molecule has 1 aliphatic carbocycles. The molecule has 0 amide bonds. The molecule has 3 nitrogen and oxygen atoms in total. The predicted octanol–water partition coefficient (Wildman–Crippen LogP) is 1.82. The van der Waals surface area contributed by atoms with Crippen molar-refractivity contribution >= 4 is 15.6 Å². The average Bonchev–Trinajstić information content (AvgIpc) is 2.15. The maximum atomic E-state index is 11.6. The van der Waals surface area contributed by atoms with E-state index in [4.69, 9.17) is 0 Å². The van der Waals surface area contributed by atoms with E-state index < -0.39 is 9.84 Å². The normalized spacial score (nSPS) is 27.6. The lowest BCUT2D eigenvalue weighted by atomic mass is 9.79. The minimum absolute atomic E-state index is 0.00234. The molecule has 0 atom stereocenters. The van der Waals surface area contributed by atoms with E-state index in [0.717, 1.165) is 37.9 Å². The van der Waals surface area contributed by atoms with Crippen LogP contribution in [0.4, 0.5) is 0 Å². The lowest BCUT2D eigenvalue weighted by Crippen LogP contribution is -2.26. The van der Waals surface area contributed by atoms with Gasteiger partial charge in [0, 0.05) is 12.2 Å². The summed E-state index contributed by atoms with van der Waals surface area (Å²) in [7, 11) is -3.14. The summed E-state index contributed by atoms with van der Waals surface area (Å²) < 4.78 is 22.0. The number of carbonyl (C=O) groups is 1. The monoisotopic (exact) mass is 232 g/mol. The number of carbonyl (C=O) groups excluding carboxylic acids is 1. The first-order chi connectivity index (χ1) is 6.92. The molecule has 0 radical (unpaired) electrons. The van der Waals surface area contributed by atoms with Crippen LogP contribution in [0.3, 0.4) is 0 Å². The van der Waals surface area contributed by atoms with Crippen LogP contribution in [0.25, 0.3) is 0 Å². The van der Waals surface area contributed by atoms with Gasteiger partial charge in [-0.15, -0.1) is 0 Å². The Hall–Kier alpha value is -0.380. The molecule has 0 spiro atoms. The second-order valence-corrected chi connectivity index (χ2v) is 6.80. The quantitative estimate of drug-likeness (QED) is 0.743. The van der Waals surface area contributed by atoms with Crippen molar-refractivity contribution in [1.82, 2.24) is 0 Å². The van der Waals surface area contributed by atoms with Crippen LogP contribution in [0.1, 0.15) is 39.0 Å². The molecule has 1 aliphatic rings. The first-order valence-corrected chi connectivity index (χ1v) is 7.69. The van der Waals surface area contributed by atoms with Gasteiger partial charge in [0.05, 0.1) is 0 Å². The highest BCUT2D eigenvalue weighted by Gasteiger charge is 2.26. The molecular formula is C11H20O3S. The molecule has 0 aromatic rings. The maximum Gasteiger partial charge on any atom is 0.154 e. The fourth-order valence-electron chi connectivity index (χ4n) is 2.27. The summed E-state index contributed by atoms with van der Waals surface area (Å²) in [4.78, 5) is 11.6. The number of Topliss-reactive ketones (excluding diaryl/α,β-unsaturated/α-hetero) is 1. The molecule has 1 saturated carbocycles. The largest absolute Gasteiger partial charge is 0.298 e. The summed E-state index contributed by atoms with van der Waals surface area (Å²) in [6.07, 6.45) is 6.22. The molecule has 1 rings (SSSR count). The number of sulfone groups is 1. The highest BCUT2D eigenvalue weighted by atomic mass is 32.2. The van der Waals surface area contributed by atoms with Gasteiger partial charge in [-0.1, -0.05) is 13.3 Å². The van der Waals surface area contributed by atoms with Gasteiger partial charge >= 0.3 is 0 Å². The van der Waals surface area contributed by atoms with Crippen molar-refractivity contribution in [2.45, 2.75) is 39.0 Å². The fraction of sp³-hybridized carbons (Fsp3) is 0.909. The summed E-state index contributed by atoms with van der Waals surface area (Å²) in [5, 5.41) is 0. The smallest absolute Gasteiger partial charge is 0.154 e. The first-order valence-electron chi connectivity index (χ1n) is 5.62. The number of rotatable bonds is 4. The molecule has 1 fully saturated rings. The summed E-state index contributed by atoms with van der Waals surface area (Å²) in [5.74, 6) is 0.399.